The van der Waals surface area contributed by atoms with E-state index in [1.807, 2.05) is 0 Å². The van der Waals surface area contributed by atoms with Gasteiger partial charge in [0, 0.05) is 0 Å². The first-order chi connectivity index (χ1) is 5.43. The van der Waals surface area contributed by atoms with Crippen molar-refractivity contribution in [2.75, 3.05) is 0 Å². The number of rotatable bonds is 1. The van der Waals surface area contributed by atoms with Crippen molar-refractivity contribution in [1.82, 2.24) is 0 Å². The maximum absolute atomic E-state index is 9.69. The summed E-state index contributed by atoms with van der Waals surface area (Å²) in [7, 11) is 0. The van der Waals surface area contributed by atoms with Crippen molar-refractivity contribution in [2.24, 2.45) is 11.8 Å². The molecule has 1 fully saturated rings. The van der Waals surface area contributed by atoms with Gasteiger partial charge in [0.1, 0.15) is 0 Å². The molecule has 72 valence electrons. The quantitative estimate of drug-likeness (QED) is 0.630. The lowest BCUT2D eigenvalue weighted by molar-refractivity contribution is -0.103. The molecule has 2 heteroatoms. The van der Waals surface area contributed by atoms with E-state index in [2.05, 4.69) is 13.8 Å². The summed E-state index contributed by atoms with van der Waals surface area (Å²) < 4.78 is 0. The predicted octanol–water partition coefficient (Wildman–Crippen LogP) is 1.55. The highest BCUT2D eigenvalue weighted by Gasteiger charge is 2.37. The van der Waals surface area contributed by atoms with Gasteiger partial charge in [-0.05, 0) is 38.0 Å². The molecule has 0 spiro atoms. The van der Waals surface area contributed by atoms with E-state index >= 15 is 0 Å². The van der Waals surface area contributed by atoms with Gasteiger partial charge in [0.15, 0.2) is 0 Å². The third-order valence-corrected chi connectivity index (χ3v) is 3.21. The molecule has 0 radical (unpaired) electrons. The van der Waals surface area contributed by atoms with Crippen molar-refractivity contribution in [3.8, 4) is 0 Å². The largest absolute Gasteiger partial charge is 0.390 e. The summed E-state index contributed by atoms with van der Waals surface area (Å²) in [5.41, 5.74) is -0.842. The maximum Gasteiger partial charge on any atom is 0.0877 e. The Hall–Kier alpha value is -0.0800. The van der Waals surface area contributed by atoms with Crippen LogP contribution in [0.2, 0.25) is 0 Å². The van der Waals surface area contributed by atoms with Gasteiger partial charge >= 0.3 is 0 Å². The zero-order valence-corrected chi connectivity index (χ0v) is 8.25. The highest BCUT2D eigenvalue weighted by Crippen LogP contribution is 2.35. The monoisotopic (exact) mass is 172 g/mol. The Morgan fingerprint density at radius 3 is 2.42 bits per heavy atom. The van der Waals surface area contributed by atoms with Gasteiger partial charge < -0.3 is 10.2 Å². The molecule has 0 bridgehead atoms. The standard InChI is InChI=1S/C10H20O2/c1-7(2)8-4-5-10(3,12)9(11)6-8/h7-9,11-12H,4-6H2,1-3H3/t8-,9+,10?/m1/s1. The second kappa shape index (κ2) is 3.35. The van der Waals surface area contributed by atoms with Crippen LogP contribution < -0.4 is 0 Å². The molecule has 0 aromatic carbocycles. The average molecular weight is 172 g/mol. The van der Waals surface area contributed by atoms with Crippen LogP contribution in [-0.2, 0) is 0 Å². The van der Waals surface area contributed by atoms with Crippen LogP contribution in [0.25, 0.3) is 0 Å². The Morgan fingerprint density at radius 2 is 2.00 bits per heavy atom. The number of aliphatic hydroxyl groups is 2. The molecule has 1 saturated carbocycles. The van der Waals surface area contributed by atoms with E-state index < -0.39 is 11.7 Å². The van der Waals surface area contributed by atoms with Crippen LogP contribution in [0, 0.1) is 11.8 Å². The normalized spacial score (nSPS) is 43.5. The molecular weight excluding hydrogens is 152 g/mol. The Kier molecular flexibility index (Phi) is 2.79. The first kappa shape index (κ1) is 10.0. The van der Waals surface area contributed by atoms with E-state index in [1.54, 1.807) is 6.92 Å². The summed E-state index contributed by atoms with van der Waals surface area (Å²) in [6.07, 6.45) is 2.00. The summed E-state index contributed by atoms with van der Waals surface area (Å²) in [5.74, 6) is 1.20. The Morgan fingerprint density at radius 1 is 1.42 bits per heavy atom. The van der Waals surface area contributed by atoms with Crippen molar-refractivity contribution in [3.63, 3.8) is 0 Å². The number of aliphatic hydroxyl groups excluding tert-OH is 1. The molecule has 2 N–H and O–H groups in total. The minimum Gasteiger partial charge on any atom is -0.390 e. The molecule has 0 amide bonds. The highest BCUT2D eigenvalue weighted by molar-refractivity contribution is 4.89. The lowest BCUT2D eigenvalue weighted by Crippen LogP contribution is -2.45. The molecule has 0 heterocycles. The smallest absolute Gasteiger partial charge is 0.0877 e. The highest BCUT2D eigenvalue weighted by atomic mass is 16.3. The molecule has 1 aliphatic carbocycles. The first-order valence-electron chi connectivity index (χ1n) is 4.84. The van der Waals surface area contributed by atoms with E-state index in [4.69, 9.17) is 0 Å². The van der Waals surface area contributed by atoms with Crippen molar-refractivity contribution >= 4 is 0 Å². The summed E-state index contributed by atoms with van der Waals surface area (Å²) in [6.45, 7) is 6.09. The Bertz CT molecular complexity index is 152. The van der Waals surface area contributed by atoms with Crippen LogP contribution >= 0.6 is 0 Å². The van der Waals surface area contributed by atoms with Crippen LogP contribution in [-0.4, -0.2) is 21.9 Å². The second-order valence-electron chi connectivity index (χ2n) is 4.65. The molecule has 0 saturated heterocycles. The summed E-state index contributed by atoms with van der Waals surface area (Å²) in [6, 6.07) is 0. The topological polar surface area (TPSA) is 40.5 Å². The second-order valence-corrected chi connectivity index (χ2v) is 4.65. The van der Waals surface area contributed by atoms with Crippen molar-refractivity contribution in [1.29, 1.82) is 0 Å². The van der Waals surface area contributed by atoms with Crippen LogP contribution in [0.1, 0.15) is 40.0 Å². The molecule has 1 aliphatic rings. The minimum absolute atomic E-state index is 0.529. The third-order valence-electron chi connectivity index (χ3n) is 3.21. The van der Waals surface area contributed by atoms with Crippen LogP contribution in [0.3, 0.4) is 0 Å². The van der Waals surface area contributed by atoms with Gasteiger partial charge in [-0.2, -0.15) is 0 Å². The number of hydrogen-bond donors (Lipinski definition) is 2. The van der Waals surface area contributed by atoms with Crippen LogP contribution in [0.5, 0.6) is 0 Å². The fourth-order valence-electron chi connectivity index (χ4n) is 1.91. The van der Waals surface area contributed by atoms with Gasteiger partial charge in [-0.15, -0.1) is 0 Å². The molecule has 12 heavy (non-hydrogen) atoms. The maximum atomic E-state index is 9.69. The first-order valence-corrected chi connectivity index (χ1v) is 4.84. The molecule has 0 aliphatic heterocycles. The van der Waals surface area contributed by atoms with E-state index in [0.29, 0.717) is 11.8 Å². The van der Waals surface area contributed by atoms with Gasteiger partial charge in [0.25, 0.3) is 0 Å². The van der Waals surface area contributed by atoms with E-state index in [1.165, 1.54) is 0 Å². The average Bonchev–Trinajstić information content (AvgIpc) is 1.94. The van der Waals surface area contributed by atoms with Gasteiger partial charge in [-0.1, -0.05) is 13.8 Å². The summed E-state index contributed by atoms with van der Waals surface area (Å²) >= 11 is 0. The van der Waals surface area contributed by atoms with Gasteiger partial charge in [-0.3, -0.25) is 0 Å². The third kappa shape index (κ3) is 1.99. The summed E-state index contributed by atoms with van der Waals surface area (Å²) in [4.78, 5) is 0. The van der Waals surface area contributed by atoms with Crippen molar-refractivity contribution < 1.29 is 10.2 Å². The van der Waals surface area contributed by atoms with E-state index in [0.717, 1.165) is 19.3 Å². The predicted molar refractivity (Wildman–Crippen MR) is 48.8 cm³/mol. The molecular formula is C10H20O2. The number of hydrogen-bond acceptors (Lipinski definition) is 2. The molecule has 0 aromatic rings. The Labute approximate surface area is 74.6 Å². The molecule has 0 aromatic heterocycles. The van der Waals surface area contributed by atoms with Crippen LogP contribution in [0.15, 0.2) is 0 Å². The SMILES string of the molecule is CC(C)[C@@H]1CCC(C)(O)[C@@H](O)C1. The van der Waals surface area contributed by atoms with Crippen LogP contribution in [0.4, 0.5) is 0 Å². The van der Waals surface area contributed by atoms with Gasteiger partial charge in [-0.25, -0.2) is 0 Å². The fraction of sp³-hybridized carbons (Fsp3) is 1.00. The van der Waals surface area contributed by atoms with Crippen molar-refractivity contribution in [2.45, 2.75) is 51.7 Å². The zero-order chi connectivity index (χ0) is 9.35. The van der Waals surface area contributed by atoms with Gasteiger partial charge in [0.2, 0.25) is 0 Å². The lowest BCUT2D eigenvalue weighted by atomic mass is 9.73. The fourth-order valence-corrected chi connectivity index (χ4v) is 1.91. The van der Waals surface area contributed by atoms with E-state index in [-0.39, 0.29) is 0 Å². The molecule has 1 rings (SSSR count). The Balaban J connectivity index is 2.52. The molecule has 2 nitrogen and oxygen atoms in total. The molecule has 3 atom stereocenters. The summed E-state index contributed by atoms with van der Waals surface area (Å²) in [5, 5.41) is 19.3. The van der Waals surface area contributed by atoms with Crippen molar-refractivity contribution in [3.05, 3.63) is 0 Å². The lowest BCUT2D eigenvalue weighted by Gasteiger charge is -2.39. The zero-order valence-electron chi connectivity index (χ0n) is 8.25. The van der Waals surface area contributed by atoms with E-state index in [9.17, 15) is 10.2 Å². The minimum atomic E-state index is -0.842. The van der Waals surface area contributed by atoms with Gasteiger partial charge in [0.05, 0.1) is 11.7 Å². The molecule has 1 unspecified atom stereocenters.